The van der Waals surface area contributed by atoms with E-state index in [4.69, 9.17) is 4.42 Å². The highest BCUT2D eigenvalue weighted by Gasteiger charge is 2.18. The average molecular weight is 302 g/mol. The van der Waals surface area contributed by atoms with Crippen LogP contribution in [0.4, 0.5) is 5.69 Å². The summed E-state index contributed by atoms with van der Waals surface area (Å²) >= 11 is 1.47. The van der Waals surface area contributed by atoms with Gasteiger partial charge in [0, 0.05) is 10.5 Å². The molecule has 1 aliphatic heterocycles. The van der Waals surface area contributed by atoms with E-state index in [1.54, 1.807) is 24.5 Å². The summed E-state index contributed by atoms with van der Waals surface area (Å²) in [6.45, 7) is 1.85. The molecule has 108 valence electrons. The molecule has 1 atom stereocenters. The first-order valence-electron chi connectivity index (χ1n) is 6.54. The summed E-state index contributed by atoms with van der Waals surface area (Å²) in [5.74, 6) is 0.861. The van der Waals surface area contributed by atoms with E-state index in [0.29, 0.717) is 22.8 Å². The van der Waals surface area contributed by atoms with E-state index in [1.165, 1.54) is 11.8 Å². The molecule has 5 nitrogen and oxygen atoms in total. The molecule has 2 N–H and O–H groups in total. The van der Waals surface area contributed by atoms with Gasteiger partial charge in [-0.05, 0) is 37.3 Å². The molecule has 0 aliphatic carbocycles. The van der Waals surface area contributed by atoms with Crippen LogP contribution in [0, 0.1) is 0 Å². The number of rotatable bonds is 3. The van der Waals surface area contributed by atoms with Crippen LogP contribution in [-0.4, -0.2) is 17.6 Å². The molecule has 2 aromatic rings. The summed E-state index contributed by atoms with van der Waals surface area (Å²) in [6.07, 6.45) is 1.57. The Morgan fingerprint density at radius 1 is 1.43 bits per heavy atom. The molecule has 0 fully saturated rings. The van der Waals surface area contributed by atoms with E-state index in [0.717, 1.165) is 4.90 Å². The summed E-state index contributed by atoms with van der Waals surface area (Å²) in [6, 6.07) is 8.69. The van der Waals surface area contributed by atoms with Crippen molar-refractivity contribution in [2.24, 2.45) is 0 Å². The quantitative estimate of drug-likeness (QED) is 0.914. The minimum absolute atomic E-state index is 0.0472. The van der Waals surface area contributed by atoms with Gasteiger partial charge in [0.1, 0.15) is 5.76 Å². The van der Waals surface area contributed by atoms with E-state index in [2.05, 4.69) is 10.6 Å². The number of nitrogens with one attached hydrogen (secondary N) is 2. The molecule has 1 aliphatic rings. The maximum atomic E-state index is 12.2. The fraction of sp³-hybridized carbons (Fsp3) is 0.200. The molecule has 0 radical (unpaired) electrons. The largest absolute Gasteiger partial charge is 0.467 e. The third-order valence-electron chi connectivity index (χ3n) is 3.19. The summed E-state index contributed by atoms with van der Waals surface area (Å²) < 4.78 is 5.26. The fourth-order valence-corrected chi connectivity index (χ4v) is 2.90. The molecule has 21 heavy (non-hydrogen) atoms. The Hall–Kier alpha value is -2.21. The zero-order chi connectivity index (χ0) is 14.8. The lowest BCUT2D eigenvalue weighted by molar-refractivity contribution is -0.113. The maximum Gasteiger partial charge on any atom is 0.251 e. The third-order valence-corrected chi connectivity index (χ3v) is 4.27. The zero-order valence-electron chi connectivity index (χ0n) is 11.4. The number of hydrogen-bond acceptors (Lipinski definition) is 4. The predicted molar refractivity (Wildman–Crippen MR) is 80.4 cm³/mol. The van der Waals surface area contributed by atoms with Crippen molar-refractivity contribution in [3.8, 4) is 0 Å². The first-order valence-corrected chi connectivity index (χ1v) is 7.53. The third kappa shape index (κ3) is 2.95. The molecule has 1 unspecified atom stereocenters. The second kappa shape index (κ2) is 5.65. The number of carbonyl (C=O) groups is 2. The lowest BCUT2D eigenvalue weighted by atomic mass is 10.1. The number of carbonyl (C=O) groups excluding carboxylic acids is 2. The molecular weight excluding hydrogens is 288 g/mol. The number of benzene rings is 1. The number of anilines is 1. The summed E-state index contributed by atoms with van der Waals surface area (Å²) in [5, 5.41) is 5.64. The van der Waals surface area contributed by atoms with Gasteiger partial charge in [0.2, 0.25) is 5.91 Å². The number of fused-ring (bicyclic) bond motifs is 1. The predicted octanol–water partition coefficient (Wildman–Crippen LogP) is 2.81. The molecule has 0 saturated heterocycles. The van der Waals surface area contributed by atoms with Crippen molar-refractivity contribution in [2.45, 2.75) is 17.9 Å². The van der Waals surface area contributed by atoms with Crippen LogP contribution in [-0.2, 0) is 4.79 Å². The lowest BCUT2D eigenvalue weighted by Crippen LogP contribution is -2.27. The number of furan rings is 1. The highest BCUT2D eigenvalue weighted by molar-refractivity contribution is 8.00. The van der Waals surface area contributed by atoms with Gasteiger partial charge in [-0.1, -0.05) is 0 Å². The van der Waals surface area contributed by atoms with Crippen molar-refractivity contribution >= 4 is 29.3 Å². The van der Waals surface area contributed by atoms with Crippen molar-refractivity contribution in [3.05, 3.63) is 47.9 Å². The first-order chi connectivity index (χ1) is 10.1. The molecule has 2 amide bonds. The smallest absolute Gasteiger partial charge is 0.251 e. The van der Waals surface area contributed by atoms with Gasteiger partial charge in [0.25, 0.3) is 5.91 Å². The van der Waals surface area contributed by atoms with Gasteiger partial charge >= 0.3 is 0 Å². The van der Waals surface area contributed by atoms with Crippen molar-refractivity contribution in [3.63, 3.8) is 0 Å². The number of hydrogen-bond donors (Lipinski definition) is 2. The Morgan fingerprint density at radius 3 is 3.05 bits per heavy atom. The van der Waals surface area contributed by atoms with Crippen molar-refractivity contribution < 1.29 is 14.0 Å². The van der Waals surface area contributed by atoms with E-state index in [-0.39, 0.29) is 17.9 Å². The second-order valence-corrected chi connectivity index (χ2v) is 5.78. The van der Waals surface area contributed by atoms with Crippen LogP contribution in [0.15, 0.2) is 45.9 Å². The highest BCUT2D eigenvalue weighted by atomic mass is 32.2. The highest BCUT2D eigenvalue weighted by Crippen LogP contribution is 2.32. The van der Waals surface area contributed by atoms with Gasteiger partial charge in [0.15, 0.2) is 0 Å². The SMILES string of the molecule is CC(NC(=O)c1ccc2c(c1)NC(=O)CS2)c1ccco1. The Balaban J connectivity index is 1.76. The average Bonchev–Trinajstić information content (AvgIpc) is 3.00. The Labute approximate surface area is 126 Å². The number of thioether (sulfide) groups is 1. The van der Waals surface area contributed by atoms with E-state index in [1.807, 2.05) is 19.1 Å². The lowest BCUT2D eigenvalue weighted by Gasteiger charge is -2.17. The van der Waals surface area contributed by atoms with E-state index in [9.17, 15) is 9.59 Å². The topological polar surface area (TPSA) is 71.3 Å². The van der Waals surface area contributed by atoms with Gasteiger partial charge in [-0.2, -0.15) is 0 Å². The van der Waals surface area contributed by atoms with E-state index >= 15 is 0 Å². The van der Waals surface area contributed by atoms with Crippen LogP contribution in [0.5, 0.6) is 0 Å². The molecule has 2 heterocycles. The van der Waals surface area contributed by atoms with Gasteiger partial charge in [0.05, 0.1) is 23.7 Å². The van der Waals surface area contributed by atoms with Crippen molar-refractivity contribution in [1.82, 2.24) is 5.32 Å². The molecule has 1 aromatic carbocycles. The van der Waals surface area contributed by atoms with Crippen LogP contribution in [0.3, 0.4) is 0 Å². The number of amides is 2. The van der Waals surface area contributed by atoms with Crippen LogP contribution in [0.25, 0.3) is 0 Å². The van der Waals surface area contributed by atoms with Crippen LogP contribution in [0.2, 0.25) is 0 Å². The maximum absolute atomic E-state index is 12.2. The summed E-state index contributed by atoms with van der Waals surface area (Å²) in [5.41, 5.74) is 1.20. The first kappa shape index (κ1) is 13.8. The van der Waals surface area contributed by atoms with Crippen molar-refractivity contribution in [2.75, 3.05) is 11.1 Å². The van der Waals surface area contributed by atoms with Gasteiger partial charge in [-0.3, -0.25) is 9.59 Å². The van der Waals surface area contributed by atoms with Crippen molar-refractivity contribution in [1.29, 1.82) is 0 Å². The molecule has 1 aromatic heterocycles. The summed E-state index contributed by atoms with van der Waals surface area (Å²) in [7, 11) is 0. The van der Waals surface area contributed by atoms with E-state index < -0.39 is 0 Å². The Morgan fingerprint density at radius 2 is 2.29 bits per heavy atom. The Kier molecular flexibility index (Phi) is 3.70. The fourth-order valence-electron chi connectivity index (χ4n) is 2.11. The summed E-state index contributed by atoms with van der Waals surface area (Å²) in [4.78, 5) is 24.6. The zero-order valence-corrected chi connectivity index (χ0v) is 12.2. The second-order valence-electron chi connectivity index (χ2n) is 4.76. The minimum Gasteiger partial charge on any atom is -0.467 e. The molecule has 6 heteroatoms. The Bertz CT molecular complexity index is 682. The van der Waals surface area contributed by atoms with Crippen LogP contribution >= 0.6 is 11.8 Å². The van der Waals surface area contributed by atoms with Gasteiger partial charge in [-0.15, -0.1) is 11.8 Å². The van der Waals surface area contributed by atoms with Gasteiger partial charge in [-0.25, -0.2) is 0 Å². The normalized spacial score (nSPS) is 15.0. The van der Waals surface area contributed by atoms with Crippen LogP contribution in [0.1, 0.15) is 29.1 Å². The monoisotopic (exact) mass is 302 g/mol. The molecule has 0 spiro atoms. The molecule has 3 rings (SSSR count). The molecule has 0 bridgehead atoms. The molecular formula is C15H14N2O3S. The molecule has 0 saturated carbocycles. The standard InChI is InChI=1S/C15H14N2O3S/c1-9(12-3-2-6-20-12)16-15(19)10-4-5-13-11(7-10)17-14(18)8-21-13/h2-7,9H,8H2,1H3,(H,16,19)(H,17,18). The van der Waals surface area contributed by atoms with Gasteiger partial charge < -0.3 is 15.1 Å². The van der Waals surface area contributed by atoms with Crippen LogP contribution < -0.4 is 10.6 Å². The minimum atomic E-state index is -0.215.